The summed E-state index contributed by atoms with van der Waals surface area (Å²) in [5, 5.41) is 2.91. The van der Waals surface area contributed by atoms with Crippen LogP contribution in [-0.2, 0) is 4.79 Å². The van der Waals surface area contributed by atoms with E-state index in [9.17, 15) is 9.18 Å². The van der Waals surface area contributed by atoms with Crippen LogP contribution >= 0.6 is 0 Å². The van der Waals surface area contributed by atoms with Gasteiger partial charge in [0, 0.05) is 18.5 Å². The molecule has 1 aromatic carbocycles. The monoisotopic (exact) mass is 368 g/mol. The number of ether oxygens (including phenoxy) is 1. The van der Waals surface area contributed by atoms with Gasteiger partial charge in [0.05, 0.1) is 30.7 Å². The van der Waals surface area contributed by atoms with E-state index in [2.05, 4.69) is 15.2 Å². The number of carbonyl (C=O) groups is 1. The number of hydrogen-bond acceptors (Lipinski definition) is 4. The molecule has 1 N–H and O–H groups in total. The number of hydrogen-bond donors (Lipinski definition) is 1. The van der Waals surface area contributed by atoms with E-state index in [4.69, 9.17) is 9.73 Å². The van der Waals surface area contributed by atoms with Crippen molar-refractivity contribution in [3.05, 3.63) is 53.6 Å². The van der Waals surface area contributed by atoms with E-state index in [-0.39, 0.29) is 23.8 Å². The molecule has 140 valence electrons. The van der Waals surface area contributed by atoms with Crippen molar-refractivity contribution in [3.63, 3.8) is 0 Å². The maximum absolute atomic E-state index is 13.3. The molecule has 4 rings (SSSR count). The van der Waals surface area contributed by atoms with Gasteiger partial charge in [-0.15, -0.1) is 0 Å². The van der Waals surface area contributed by atoms with Gasteiger partial charge in [-0.3, -0.25) is 15.1 Å². The molecule has 1 amide bonds. The van der Waals surface area contributed by atoms with Gasteiger partial charge in [0.1, 0.15) is 11.6 Å². The number of aryl methyl sites for hydroxylation is 1. The number of halogens is 1. The Balaban J connectivity index is 1.73. The van der Waals surface area contributed by atoms with E-state index < -0.39 is 0 Å². The number of guanidine groups is 1. The van der Waals surface area contributed by atoms with Crippen LogP contribution in [0.1, 0.15) is 36.6 Å². The zero-order valence-electron chi connectivity index (χ0n) is 15.3. The summed E-state index contributed by atoms with van der Waals surface area (Å²) in [4.78, 5) is 23.3. The quantitative estimate of drug-likeness (QED) is 0.903. The normalized spacial score (nSPS) is 23.3. The van der Waals surface area contributed by atoms with E-state index in [0.717, 1.165) is 24.1 Å². The molecule has 2 aromatic rings. The number of methoxy groups -OCH3 is 1. The first kappa shape index (κ1) is 17.5. The predicted octanol–water partition coefficient (Wildman–Crippen LogP) is 3.25. The predicted molar refractivity (Wildman–Crippen MR) is 99.4 cm³/mol. The Kier molecular flexibility index (Phi) is 4.51. The summed E-state index contributed by atoms with van der Waals surface area (Å²) in [6.07, 6.45) is 3.86. The van der Waals surface area contributed by atoms with Crippen LogP contribution in [0, 0.1) is 12.7 Å². The lowest BCUT2D eigenvalue weighted by Crippen LogP contribution is -2.53. The number of rotatable bonds is 3. The Morgan fingerprint density at radius 1 is 1.30 bits per heavy atom. The minimum Gasteiger partial charge on any atom is -0.495 e. The number of carbonyl (C=O) groups excluding carboxylic acids is 1. The number of nitrogens with zero attached hydrogens (tertiary/aromatic N) is 3. The van der Waals surface area contributed by atoms with Crippen molar-refractivity contribution in [1.82, 2.24) is 15.2 Å². The second-order valence-electron chi connectivity index (χ2n) is 6.87. The van der Waals surface area contributed by atoms with E-state index in [0.29, 0.717) is 23.8 Å². The third-order valence-corrected chi connectivity index (χ3v) is 5.17. The second kappa shape index (κ2) is 6.98. The fourth-order valence-corrected chi connectivity index (χ4v) is 3.80. The van der Waals surface area contributed by atoms with Gasteiger partial charge in [-0.2, -0.15) is 0 Å². The smallest absolute Gasteiger partial charge is 0.228 e. The largest absolute Gasteiger partial charge is 0.495 e. The molecule has 0 saturated carbocycles. The van der Waals surface area contributed by atoms with E-state index in [1.54, 1.807) is 31.5 Å². The number of benzene rings is 1. The molecule has 2 aliphatic heterocycles. The van der Waals surface area contributed by atoms with E-state index in [1.807, 2.05) is 6.92 Å². The molecule has 6 nitrogen and oxygen atoms in total. The Morgan fingerprint density at radius 3 is 2.81 bits per heavy atom. The van der Waals surface area contributed by atoms with Gasteiger partial charge in [0.2, 0.25) is 11.9 Å². The highest BCUT2D eigenvalue weighted by molar-refractivity contribution is 6.01. The van der Waals surface area contributed by atoms with Crippen LogP contribution in [0.25, 0.3) is 0 Å². The lowest BCUT2D eigenvalue weighted by molar-refractivity contribution is -0.121. The van der Waals surface area contributed by atoms with Gasteiger partial charge in [0.25, 0.3) is 0 Å². The lowest BCUT2D eigenvalue weighted by atomic mass is 10.0. The summed E-state index contributed by atoms with van der Waals surface area (Å²) >= 11 is 0. The third kappa shape index (κ3) is 3.37. The first-order valence-corrected chi connectivity index (χ1v) is 8.98. The van der Waals surface area contributed by atoms with E-state index >= 15 is 0 Å². The molecule has 0 aliphatic carbocycles. The van der Waals surface area contributed by atoms with Crippen molar-refractivity contribution in [2.24, 2.45) is 4.99 Å². The van der Waals surface area contributed by atoms with Crippen LogP contribution in [0.2, 0.25) is 0 Å². The van der Waals surface area contributed by atoms with Crippen molar-refractivity contribution in [2.45, 2.75) is 38.3 Å². The molecule has 0 bridgehead atoms. The fourth-order valence-electron chi connectivity index (χ4n) is 3.80. The summed E-state index contributed by atoms with van der Waals surface area (Å²) < 4.78 is 18.6. The molecule has 3 heterocycles. The SMILES string of the molecule is COc1cnc(C)c(N=C2NC(=O)CC3CCC(c4ccc(F)cc4)N23)c1. The molecule has 2 fully saturated rings. The molecule has 2 unspecified atom stereocenters. The molecule has 2 atom stereocenters. The van der Waals surface area contributed by atoms with Crippen molar-refractivity contribution < 1.29 is 13.9 Å². The maximum atomic E-state index is 13.3. The molecule has 27 heavy (non-hydrogen) atoms. The Labute approximate surface area is 157 Å². The fraction of sp³-hybridized carbons (Fsp3) is 0.350. The zero-order chi connectivity index (χ0) is 19.0. The first-order chi connectivity index (χ1) is 13.0. The van der Waals surface area contributed by atoms with Crippen molar-refractivity contribution in [2.75, 3.05) is 7.11 Å². The first-order valence-electron chi connectivity index (χ1n) is 8.98. The van der Waals surface area contributed by atoms with Crippen LogP contribution in [0.4, 0.5) is 10.1 Å². The van der Waals surface area contributed by atoms with Gasteiger partial charge in [-0.25, -0.2) is 9.38 Å². The molecule has 2 saturated heterocycles. The molecule has 0 radical (unpaired) electrons. The molecule has 1 aromatic heterocycles. The molecular formula is C20H21FN4O2. The molecule has 2 aliphatic rings. The average molecular weight is 368 g/mol. The molecule has 7 heteroatoms. The van der Waals surface area contributed by atoms with Gasteiger partial charge in [-0.1, -0.05) is 12.1 Å². The number of nitrogens with one attached hydrogen (secondary N) is 1. The van der Waals surface area contributed by atoms with Gasteiger partial charge < -0.3 is 9.64 Å². The maximum Gasteiger partial charge on any atom is 0.228 e. The molecular weight excluding hydrogens is 347 g/mol. The highest BCUT2D eigenvalue weighted by atomic mass is 19.1. The van der Waals surface area contributed by atoms with Crippen molar-refractivity contribution in [3.8, 4) is 5.75 Å². The van der Waals surface area contributed by atoms with Crippen molar-refractivity contribution >= 4 is 17.6 Å². The van der Waals surface area contributed by atoms with Gasteiger partial charge in [0.15, 0.2) is 0 Å². The van der Waals surface area contributed by atoms with Crippen LogP contribution in [0.5, 0.6) is 5.75 Å². The lowest BCUT2D eigenvalue weighted by Gasteiger charge is -2.36. The van der Waals surface area contributed by atoms with Crippen LogP contribution < -0.4 is 10.1 Å². The number of aliphatic imine (C=N–C) groups is 1. The number of fused-ring (bicyclic) bond motifs is 1. The Morgan fingerprint density at radius 2 is 2.07 bits per heavy atom. The third-order valence-electron chi connectivity index (χ3n) is 5.17. The average Bonchev–Trinajstić information content (AvgIpc) is 3.08. The van der Waals surface area contributed by atoms with E-state index in [1.165, 1.54) is 12.1 Å². The van der Waals surface area contributed by atoms with Gasteiger partial charge >= 0.3 is 0 Å². The number of pyridine rings is 1. The minimum atomic E-state index is -0.257. The van der Waals surface area contributed by atoms with Crippen LogP contribution in [-0.4, -0.2) is 34.9 Å². The molecule has 0 spiro atoms. The summed E-state index contributed by atoms with van der Waals surface area (Å²) in [6.45, 7) is 1.86. The standard InChI is InChI=1S/C20H21FN4O2/c1-12-17(10-16(27-2)11-22-12)23-20-24-19(26)9-15-7-8-18(25(15)20)13-3-5-14(21)6-4-13/h3-6,10-11,15,18H,7-9H2,1-2H3,(H,23,24,26). The van der Waals surface area contributed by atoms with Crippen molar-refractivity contribution in [1.29, 1.82) is 0 Å². The summed E-state index contributed by atoms with van der Waals surface area (Å²) in [5.41, 5.74) is 2.41. The number of aromatic nitrogens is 1. The zero-order valence-corrected chi connectivity index (χ0v) is 15.3. The summed E-state index contributed by atoms with van der Waals surface area (Å²) in [6, 6.07) is 8.48. The summed E-state index contributed by atoms with van der Waals surface area (Å²) in [5.74, 6) is 0.826. The Hall–Kier alpha value is -2.96. The topological polar surface area (TPSA) is 66.8 Å². The highest BCUT2D eigenvalue weighted by Gasteiger charge is 2.41. The van der Waals surface area contributed by atoms with Crippen LogP contribution in [0.3, 0.4) is 0 Å². The second-order valence-corrected chi connectivity index (χ2v) is 6.87. The summed E-state index contributed by atoms with van der Waals surface area (Å²) in [7, 11) is 1.58. The number of amides is 1. The van der Waals surface area contributed by atoms with Crippen LogP contribution in [0.15, 0.2) is 41.5 Å². The van der Waals surface area contributed by atoms with Gasteiger partial charge in [-0.05, 0) is 37.5 Å². The Bertz CT molecular complexity index is 897. The highest BCUT2D eigenvalue weighted by Crippen LogP contribution is 2.39. The minimum absolute atomic E-state index is 0.0386.